The molecule has 0 amide bonds. The summed E-state index contributed by atoms with van der Waals surface area (Å²) in [5.74, 6) is 0. The van der Waals surface area contributed by atoms with Gasteiger partial charge in [0.25, 0.3) is 0 Å². The maximum Gasteiger partial charge on any atom is 0.416 e. The van der Waals surface area contributed by atoms with Crippen LogP contribution in [0.5, 0.6) is 0 Å². The van der Waals surface area contributed by atoms with Gasteiger partial charge in [0.2, 0.25) is 10.0 Å². The molecule has 1 unspecified atom stereocenters. The SMILES string of the molecule is Cc1ccc(S(=O)(=O)N2CCc3ccccc3C2Cc2ccc(C(F)(F)F)cc2)cc1. The average molecular weight is 446 g/mol. The first-order valence-electron chi connectivity index (χ1n) is 9.99. The van der Waals surface area contributed by atoms with Gasteiger partial charge in [0.15, 0.2) is 0 Å². The Morgan fingerprint density at radius 3 is 2.23 bits per heavy atom. The lowest BCUT2D eigenvalue weighted by Crippen LogP contribution is -2.41. The number of halogens is 3. The summed E-state index contributed by atoms with van der Waals surface area (Å²) < 4.78 is 67.2. The molecular formula is C24H22F3NO2S. The van der Waals surface area contributed by atoms with Gasteiger partial charge in [-0.3, -0.25) is 0 Å². The molecule has 3 aromatic carbocycles. The van der Waals surface area contributed by atoms with Crippen molar-refractivity contribution in [3.63, 3.8) is 0 Å². The van der Waals surface area contributed by atoms with Crippen LogP contribution in [0.15, 0.2) is 77.7 Å². The van der Waals surface area contributed by atoms with E-state index in [0.29, 0.717) is 24.9 Å². The quantitative estimate of drug-likeness (QED) is 0.528. The Balaban J connectivity index is 1.72. The van der Waals surface area contributed by atoms with E-state index in [9.17, 15) is 21.6 Å². The van der Waals surface area contributed by atoms with Crippen LogP contribution in [0.25, 0.3) is 0 Å². The highest BCUT2D eigenvalue weighted by Gasteiger charge is 2.36. The van der Waals surface area contributed by atoms with Crippen LogP contribution in [0.4, 0.5) is 13.2 Å². The van der Waals surface area contributed by atoms with Gasteiger partial charge in [0.05, 0.1) is 16.5 Å². The molecule has 0 saturated heterocycles. The lowest BCUT2D eigenvalue weighted by molar-refractivity contribution is -0.137. The van der Waals surface area contributed by atoms with Gasteiger partial charge < -0.3 is 0 Å². The van der Waals surface area contributed by atoms with E-state index in [-0.39, 0.29) is 4.90 Å². The van der Waals surface area contributed by atoms with Crippen LogP contribution in [0.2, 0.25) is 0 Å². The van der Waals surface area contributed by atoms with E-state index in [1.807, 2.05) is 31.2 Å². The van der Waals surface area contributed by atoms with Crippen molar-refractivity contribution in [2.24, 2.45) is 0 Å². The van der Waals surface area contributed by atoms with Gasteiger partial charge in [-0.15, -0.1) is 0 Å². The van der Waals surface area contributed by atoms with Crippen molar-refractivity contribution < 1.29 is 21.6 Å². The third-order valence-electron chi connectivity index (χ3n) is 5.70. The van der Waals surface area contributed by atoms with Crippen LogP contribution in [0.3, 0.4) is 0 Å². The van der Waals surface area contributed by atoms with Crippen molar-refractivity contribution in [1.29, 1.82) is 0 Å². The zero-order chi connectivity index (χ0) is 22.2. The predicted molar refractivity (Wildman–Crippen MR) is 113 cm³/mol. The Bertz CT molecular complexity index is 1170. The Morgan fingerprint density at radius 1 is 0.935 bits per heavy atom. The molecule has 0 bridgehead atoms. The summed E-state index contributed by atoms with van der Waals surface area (Å²) in [6.45, 7) is 2.21. The molecule has 3 aromatic rings. The highest BCUT2D eigenvalue weighted by molar-refractivity contribution is 7.89. The van der Waals surface area contributed by atoms with E-state index in [2.05, 4.69) is 0 Å². The summed E-state index contributed by atoms with van der Waals surface area (Å²) in [5.41, 5.74) is 2.85. The Labute approximate surface area is 180 Å². The maximum atomic E-state index is 13.5. The standard InChI is InChI=1S/C24H22F3NO2S/c1-17-6-12-21(13-7-17)31(29,30)28-15-14-19-4-2-3-5-22(19)23(28)16-18-8-10-20(11-9-18)24(25,26)27/h2-13,23H,14-16H2,1H3. The van der Waals surface area contributed by atoms with E-state index in [1.165, 1.54) is 16.4 Å². The second-order valence-corrected chi connectivity index (χ2v) is 9.68. The smallest absolute Gasteiger partial charge is 0.207 e. The molecule has 162 valence electrons. The summed E-state index contributed by atoms with van der Waals surface area (Å²) in [6, 6.07) is 18.8. The molecule has 1 aliphatic heterocycles. The molecule has 1 atom stereocenters. The fourth-order valence-electron chi connectivity index (χ4n) is 4.03. The fraction of sp³-hybridized carbons (Fsp3) is 0.250. The van der Waals surface area contributed by atoms with Crippen molar-refractivity contribution in [3.8, 4) is 0 Å². The van der Waals surface area contributed by atoms with Crippen LogP contribution in [0, 0.1) is 6.92 Å². The number of sulfonamides is 1. The first-order chi connectivity index (χ1) is 14.7. The Morgan fingerprint density at radius 2 is 1.58 bits per heavy atom. The van der Waals surface area contributed by atoms with Gasteiger partial charge in [-0.2, -0.15) is 17.5 Å². The van der Waals surface area contributed by atoms with Gasteiger partial charge in [-0.1, -0.05) is 54.1 Å². The molecule has 0 saturated carbocycles. The van der Waals surface area contributed by atoms with Crippen LogP contribution in [-0.2, 0) is 29.0 Å². The van der Waals surface area contributed by atoms with Crippen molar-refractivity contribution in [2.75, 3.05) is 6.54 Å². The van der Waals surface area contributed by atoms with Crippen molar-refractivity contribution >= 4 is 10.0 Å². The van der Waals surface area contributed by atoms with Gasteiger partial charge in [-0.25, -0.2) is 8.42 Å². The molecule has 0 aromatic heterocycles. The Hall–Kier alpha value is -2.64. The summed E-state index contributed by atoms with van der Waals surface area (Å²) in [6.07, 6.45) is -3.53. The number of benzene rings is 3. The molecular weight excluding hydrogens is 423 g/mol. The molecule has 0 radical (unpaired) electrons. The molecule has 0 fully saturated rings. The van der Waals surface area contributed by atoms with Gasteiger partial charge >= 0.3 is 6.18 Å². The first kappa shape index (κ1) is 21.6. The summed E-state index contributed by atoms with van der Waals surface area (Å²) in [4.78, 5) is 0.218. The Kier molecular flexibility index (Phi) is 5.66. The van der Waals surface area contributed by atoms with Gasteiger partial charge in [0.1, 0.15) is 0 Å². The molecule has 0 aliphatic carbocycles. The molecule has 1 heterocycles. The topological polar surface area (TPSA) is 37.4 Å². The third-order valence-corrected chi connectivity index (χ3v) is 7.62. The summed E-state index contributed by atoms with van der Waals surface area (Å²) >= 11 is 0. The van der Waals surface area contributed by atoms with Gasteiger partial charge in [-0.05, 0) is 60.7 Å². The normalized spacial score (nSPS) is 17.4. The van der Waals surface area contributed by atoms with Crippen LogP contribution >= 0.6 is 0 Å². The second kappa shape index (κ2) is 8.13. The zero-order valence-corrected chi connectivity index (χ0v) is 17.7. The number of hydrogen-bond donors (Lipinski definition) is 0. The van der Waals surface area contributed by atoms with E-state index >= 15 is 0 Å². The van der Waals surface area contributed by atoms with E-state index in [4.69, 9.17) is 0 Å². The predicted octanol–water partition coefficient (Wildman–Crippen LogP) is 5.54. The molecule has 0 N–H and O–H groups in total. The molecule has 7 heteroatoms. The number of aryl methyl sites for hydroxylation is 1. The monoisotopic (exact) mass is 445 g/mol. The van der Waals surface area contributed by atoms with Crippen molar-refractivity contribution in [1.82, 2.24) is 4.31 Å². The van der Waals surface area contributed by atoms with Crippen molar-refractivity contribution in [3.05, 3.63) is 101 Å². The number of fused-ring (bicyclic) bond motifs is 1. The molecule has 1 aliphatic rings. The second-order valence-electron chi connectivity index (χ2n) is 7.79. The summed E-state index contributed by atoms with van der Waals surface area (Å²) in [7, 11) is -3.77. The minimum atomic E-state index is -4.41. The van der Waals surface area contributed by atoms with E-state index < -0.39 is 27.8 Å². The first-order valence-corrected chi connectivity index (χ1v) is 11.4. The van der Waals surface area contributed by atoms with E-state index in [0.717, 1.165) is 28.8 Å². The fourth-order valence-corrected chi connectivity index (χ4v) is 5.63. The van der Waals surface area contributed by atoms with Crippen LogP contribution in [0.1, 0.15) is 33.9 Å². The highest BCUT2D eigenvalue weighted by Crippen LogP contribution is 2.37. The minimum Gasteiger partial charge on any atom is -0.207 e. The number of nitrogens with zero attached hydrogens (tertiary/aromatic N) is 1. The molecule has 0 spiro atoms. The van der Waals surface area contributed by atoms with E-state index in [1.54, 1.807) is 24.3 Å². The largest absolute Gasteiger partial charge is 0.416 e. The van der Waals surface area contributed by atoms with Crippen LogP contribution in [-0.4, -0.2) is 19.3 Å². The third kappa shape index (κ3) is 4.38. The molecule has 4 rings (SSSR count). The van der Waals surface area contributed by atoms with Crippen LogP contribution < -0.4 is 0 Å². The zero-order valence-electron chi connectivity index (χ0n) is 16.9. The lowest BCUT2D eigenvalue weighted by atomic mass is 9.90. The lowest BCUT2D eigenvalue weighted by Gasteiger charge is -2.36. The maximum absolute atomic E-state index is 13.5. The number of alkyl halides is 3. The summed E-state index contributed by atoms with van der Waals surface area (Å²) in [5, 5.41) is 0. The number of hydrogen-bond acceptors (Lipinski definition) is 2. The minimum absolute atomic E-state index is 0.218. The molecule has 31 heavy (non-hydrogen) atoms. The number of rotatable bonds is 4. The molecule has 3 nitrogen and oxygen atoms in total. The average Bonchev–Trinajstić information content (AvgIpc) is 2.74. The van der Waals surface area contributed by atoms with Gasteiger partial charge in [0, 0.05) is 6.54 Å². The highest BCUT2D eigenvalue weighted by atomic mass is 32.2. The van der Waals surface area contributed by atoms with Crippen molar-refractivity contribution in [2.45, 2.75) is 36.9 Å².